The topological polar surface area (TPSA) is 66.8 Å². The van der Waals surface area contributed by atoms with Crippen molar-refractivity contribution in [2.24, 2.45) is 11.3 Å². The lowest BCUT2D eigenvalue weighted by Crippen LogP contribution is -2.40. The summed E-state index contributed by atoms with van der Waals surface area (Å²) < 4.78 is 5.29. The third-order valence-electron chi connectivity index (χ3n) is 3.74. The van der Waals surface area contributed by atoms with Crippen LogP contribution in [0, 0.1) is 11.3 Å². The van der Waals surface area contributed by atoms with Gasteiger partial charge in [-0.1, -0.05) is 0 Å². The highest BCUT2D eigenvalue weighted by Crippen LogP contribution is 2.51. The number of aliphatic carboxylic acids is 1. The molecule has 5 heteroatoms. The first-order valence-corrected chi connectivity index (χ1v) is 6.46. The molecule has 1 saturated heterocycles. The zero-order valence-electron chi connectivity index (χ0n) is 11.2. The molecule has 1 heterocycles. The van der Waals surface area contributed by atoms with Crippen LogP contribution in [0.4, 0.5) is 4.79 Å². The molecule has 0 aromatic carbocycles. The molecule has 5 nitrogen and oxygen atoms in total. The maximum absolute atomic E-state index is 11.9. The molecule has 1 N–H and O–H groups in total. The van der Waals surface area contributed by atoms with Crippen LogP contribution in [0.1, 0.15) is 40.0 Å². The normalized spacial score (nSPS) is 28.3. The summed E-state index contributed by atoms with van der Waals surface area (Å²) in [6.45, 7) is 6.21. The van der Waals surface area contributed by atoms with Gasteiger partial charge in [-0.05, 0) is 46.0 Å². The summed E-state index contributed by atoms with van der Waals surface area (Å²) in [5.41, 5.74) is -1.26. The highest BCUT2D eigenvalue weighted by molar-refractivity contribution is 5.78. The molecule has 2 aliphatic rings. The van der Waals surface area contributed by atoms with Gasteiger partial charge in [0.2, 0.25) is 0 Å². The maximum atomic E-state index is 11.9. The Morgan fingerprint density at radius 3 is 2.39 bits per heavy atom. The van der Waals surface area contributed by atoms with Gasteiger partial charge in [0.1, 0.15) is 5.60 Å². The van der Waals surface area contributed by atoms with E-state index >= 15 is 0 Å². The Bertz CT molecular complexity index is 370. The second-order valence-corrected chi connectivity index (χ2v) is 6.39. The molecular weight excluding hydrogens is 234 g/mol. The van der Waals surface area contributed by atoms with Gasteiger partial charge in [0, 0.05) is 13.1 Å². The van der Waals surface area contributed by atoms with Crippen LogP contribution in [0.2, 0.25) is 0 Å². The number of carbonyl (C=O) groups excluding carboxylic acids is 1. The smallest absolute Gasteiger partial charge is 0.410 e. The summed E-state index contributed by atoms with van der Waals surface area (Å²) in [5.74, 6) is -0.529. The fraction of sp³-hybridized carbons (Fsp3) is 0.846. The number of hydrogen-bond donors (Lipinski definition) is 1. The Kier molecular flexibility index (Phi) is 3.03. The lowest BCUT2D eigenvalue weighted by atomic mass is 9.82. The van der Waals surface area contributed by atoms with Gasteiger partial charge in [-0.3, -0.25) is 4.79 Å². The summed E-state index contributed by atoms with van der Waals surface area (Å²) in [4.78, 5) is 24.9. The van der Waals surface area contributed by atoms with E-state index in [0.29, 0.717) is 19.5 Å². The minimum atomic E-state index is -0.768. The van der Waals surface area contributed by atoms with Gasteiger partial charge in [0.05, 0.1) is 5.41 Å². The number of carboxylic acids is 1. The van der Waals surface area contributed by atoms with Crippen LogP contribution in [-0.4, -0.2) is 40.8 Å². The van der Waals surface area contributed by atoms with Crippen LogP contribution in [0.5, 0.6) is 0 Å². The lowest BCUT2D eigenvalue weighted by Gasteiger charge is -2.27. The molecule has 1 aliphatic carbocycles. The predicted molar refractivity (Wildman–Crippen MR) is 65.2 cm³/mol. The van der Waals surface area contributed by atoms with E-state index in [9.17, 15) is 14.7 Å². The molecule has 2 fully saturated rings. The largest absolute Gasteiger partial charge is 0.481 e. The highest BCUT2D eigenvalue weighted by Gasteiger charge is 2.55. The Balaban J connectivity index is 2.03. The second-order valence-electron chi connectivity index (χ2n) is 6.39. The Morgan fingerprint density at radius 1 is 1.33 bits per heavy atom. The predicted octanol–water partition coefficient (Wildman–Crippen LogP) is 2.11. The van der Waals surface area contributed by atoms with E-state index in [-0.39, 0.29) is 5.92 Å². The number of hydrogen-bond acceptors (Lipinski definition) is 3. The summed E-state index contributed by atoms with van der Waals surface area (Å²) in [6, 6.07) is 0. The van der Waals surface area contributed by atoms with Crippen molar-refractivity contribution in [3.8, 4) is 0 Å². The molecule has 0 aromatic rings. The van der Waals surface area contributed by atoms with Crippen LogP contribution in [0.3, 0.4) is 0 Å². The fourth-order valence-corrected chi connectivity index (χ4v) is 2.63. The van der Waals surface area contributed by atoms with E-state index < -0.39 is 23.1 Å². The van der Waals surface area contributed by atoms with E-state index in [2.05, 4.69) is 0 Å². The molecule has 0 aromatic heterocycles. The third-order valence-corrected chi connectivity index (χ3v) is 3.74. The van der Waals surface area contributed by atoms with Crippen molar-refractivity contribution in [2.45, 2.75) is 45.6 Å². The van der Waals surface area contributed by atoms with Crippen LogP contribution in [0.15, 0.2) is 0 Å². The molecule has 102 valence electrons. The van der Waals surface area contributed by atoms with Gasteiger partial charge in [-0.2, -0.15) is 0 Å². The third kappa shape index (κ3) is 2.44. The zero-order chi connectivity index (χ0) is 13.6. The minimum Gasteiger partial charge on any atom is -0.481 e. The number of rotatable bonds is 2. The Labute approximate surface area is 107 Å². The molecule has 0 spiro atoms. The highest BCUT2D eigenvalue weighted by atomic mass is 16.6. The molecule has 1 saturated carbocycles. The summed E-state index contributed by atoms with van der Waals surface area (Å²) in [7, 11) is 0. The van der Waals surface area contributed by atoms with Crippen molar-refractivity contribution >= 4 is 12.1 Å². The first-order valence-electron chi connectivity index (χ1n) is 6.46. The second kappa shape index (κ2) is 4.14. The van der Waals surface area contributed by atoms with Gasteiger partial charge in [-0.25, -0.2) is 4.79 Å². The average Bonchev–Trinajstić information content (AvgIpc) is 2.95. The first-order chi connectivity index (χ1) is 8.24. The van der Waals surface area contributed by atoms with Crippen molar-refractivity contribution in [1.82, 2.24) is 4.90 Å². The quantitative estimate of drug-likeness (QED) is 0.820. The lowest BCUT2D eigenvalue weighted by molar-refractivity contribution is -0.149. The molecule has 1 amide bonds. The number of amides is 1. The van der Waals surface area contributed by atoms with Crippen LogP contribution in [0.25, 0.3) is 0 Å². The number of likely N-dealkylation sites (tertiary alicyclic amines) is 1. The van der Waals surface area contributed by atoms with E-state index in [1.165, 1.54) is 4.90 Å². The number of nitrogens with zero attached hydrogens (tertiary/aromatic N) is 1. The van der Waals surface area contributed by atoms with Crippen LogP contribution in [-0.2, 0) is 9.53 Å². The number of ether oxygens (including phenoxy) is 1. The van der Waals surface area contributed by atoms with Crippen molar-refractivity contribution < 1.29 is 19.4 Å². The summed E-state index contributed by atoms with van der Waals surface area (Å²) >= 11 is 0. The van der Waals surface area contributed by atoms with Gasteiger partial charge >= 0.3 is 12.1 Å². The Morgan fingerprint density at radius 2 is 1.94 bits per heavy atom. The molecule has 0 radical (unpaired) electrons. The van der Waals surface area contributed by atoms with E-state index in [1.807, 2.05) is 20.8 Å². The van der Waals surface area contributed by atoms with Crippen molar-refractivity contribution in [3.63, 3.8) is 0 Å². The zero-order valence-corrected chi connectivity index (χ0v) is 11.2. The average molecular weight is 255 g/mol. The van der Waals surface area contributed by atoms with Gasteiger partial charge in [-0.15, -0.1) is 0 Å². The van der Waals surface area contributed by atoms with Crippen molar-refractivity contribution in [1.29, 1.82) is 0 Å². The molecule has 0 bridgehead atoms. The summed E-state index contributed by atoms with van der Waals surface area (Å²) in [5, 5.41) is 9.43. The van der Waals surface area contributed by atoms with E-state index in [4.69, 9.17) is 4.74 Å². The standard InChI is InChI=1S/C13H21NO4/c1-12(2,3)18-11(17)14-7-6-13(8-14,10(15)16)9-4-5-9/h9H,4-8H2,1-3H3,(H,15,16). The number of carboxylic acid groups (broad SMARTS) is 1. The minimum absolute atomic E-state index is 0.238. The SMILES string of the molecule is CC(C)(C)OC(=O)N1CCC(C(=O)O)(C2CC2)C1. The van der Waals surface area contributed by atoms with Gasteiger partial charge in [0.25, 0.3) is 0 Å². The summed E-state index contributed by atoms with van der Waals surface area (Å²) in [6.07, 6.45) is 2.08. The van der Waals surface area contributed by atoms with Crippen LogP contribution >= 0.6 is 0 Å². The van der Waals surface area contributed by atoms with Crippen molar-refractivity contribution in [2.75, 3.05) is 13.1 Å². The van der Waals surface area contributed by atoms with E-state index in [0.717, 1.165) is 12.8 Å². The molecule has 2 rings (SSSR count). The molecular formula is C13H21NO4. The Hall–Kier alpha value is -1.26. The van der Waals surface area contributed by atoms with Gasteiger partial charge < -0.3 is 14.7 Å². The molecule has 18 heavy (non-hydrogen) atoms. The van der Waals surface area contributed by atoms with Gasteiger partial charge in [0.15, 0.2) is 0 Å². The molecule has 1 aliphatic heterocycles. The monoisotopic (exact) mass is 255 g/mol. The van der Waals surface area contributed by atoms with Crippen molar-refractivity contribution in [3.05, 3.63) is 0 Å². The maximum Gasteiger partial charge on any atom is 0.410 e. The fourth-order valence-electron chi connectivity index (χ4n) is 2.63. The molecule has 1 atom stereocenters. The van der Waals surface area contributed by atoms with Crippen LogP contribution < -0.4 is 0 Å². The first kappa shape index (κ1) is 13.2. The number of carbonyl (C=O) groups is 2. The van der Waals surface area contributed by atoms with E-state index in [1.54, 1.807) is 0 Å². The molecule has 1 unspecified atom stereocenters.